The smallest absolute Gasteiger partial charge is 0.0954 e. The molecule has 0 saturated carbocycles. The van der Waals surface area contributed by atoms with E-state index in [9.17, 15) is 5.11 Å². The van der Waals surface area contributed by atoms with E-state index in [4.69, 9.17) is 16.2 Å². The van der Waals surface area contributed by atoms with E-state index in [1.54, 1.807) is 0 Å². The Bertz CT molecular complexity index is 247. The molecule has 1 saturated heterocycles. The van der Waals surface area contributed by atoms with Crippen LogP contribution in [0.25, 0.3) is 0 Å². The van der Waals surface area contributed by atoms with Gasteiger partial charge in [-0.05, 0) is 27.4 Å². The molecule has 0 aromatic carbocycles. The van der Waals surface area contributed by atoms with Crippen molar-refractivity contribution in [3.63, 3.8) is 0 Å². The first kappa shape index (κ1) is 16.8. The summed E-state index contributed by atoms with van der Waals surface area (Å²) in [5.41, 5.74) is 11.2. The van der Waals surface area contributed by atoms with Crippen LogP contribution in [-0.4, -0.2) is 86.1 Å². The Morgan fingerprint density at radius 3 is 2.26 bits per heavy atom. The van der Waals surface area contributed by atoms with Gasteiger partial charge in [-0.3, -0.25) is 4.90 Å². The lowest BCUT2D eigenvalue weighted by atomic mass is 9.95. The van der Waals surface area contributed by atoms with Gasteiger partial charge in [0.25, 0.3) is 0 Å². The minimum Gasteiger partial charge on any atom is -0.389 e. The molecule has 2 unspecified atom stereocenters. The third kappa shape index (κ3) is 4.98. The fraction of sp³-hybridized carbons (Fsp3) is 1.00. The SMILES string of the molecule is C[C@@H]1O[C@H](CN(CCN)CCN)CC(N(C)C)C1O. The van der Waals surface area contributed by atoms with Crippen LogP contribution in [0, 0.1) is 0 Å². The van der Waals surface area contributed by atoms with Crippen LogP contribution >= 0.6 is 0 Å². The maximum atomic E-state index is 10.1. The van der Waals surface area contributed by atoms with Crippen LogP contribution in [0.4, 0.5) is 0 Å². The van der Waals surface area contributed by atoms with Crippen LogP contribution in [0.2, 0.25) is 0 Å². The minimum atomic E-state index is -0.427. The van der Waals surface area contributed by atoms with Crippen LogP contribution in [-0.2, 0) is 4.74 Å². The Balaban J connectivity index is 2.57. The van der Waals surface area contributed by atoms with Crippen molar-refractivity contribution in [1.29, 1.82) is 0 Å². The summed E-state index contributed by atoms with van der Waals surface area (Å²) in [4.78, 5) is 4.31. The van der Waals surface area contributed by atoms with Gasteiger partial charge in [0, 0.05) is 38.8 Å². The predicted molar refractivity (Wildman–Crippen MR) is 77.0 cm³/mol. The molecule has 0 amide bonds. The van der Waals surface area contributed by atoms with Gasteiger partial charge in [-0.25, -0.2) is 0 Å². The van der Waals surface area contributed by atoms with Gasteiger partial charge < -0.3 is 26.2 Å². The zero-order valence-electron chi connectivity index (χ0n) is 12.5. The number of nitrogens with two attached hydrogens (primary N) is 2. The third-order valence-corrected chi connectivity index (χ3v) is 3.80. The van der Waals surface area contributed by atoms with Gasteiger partial charge in [0.05, 0.1) is 18.3 Å². The quantitative estimate of drug-likeness (QED) is 0.533. The first-order chi connectivity index (χ1) is 8.99. The number of hydrogen-bond donors (Lipinski definition) is 3. The van der Waals surface area contributed by atoms with Crippen molar-refractivity contribution in [3.05, 3.63) is 0 Å². The van der Waals surface area contributed by atoms with Crippen LogP contribution in [0.5, 0.6) is 0 Å². The van der Waals surface area contributed by atoms with E-state index in [-0.39, 0.29) is 18.2 Å². The Morgan fingerprint density at radius 2 is 1.79 bits per heavy atom. The number of nitrogens with zero attached hydrogens (tertiary/aromatic N) is 2. The van der Waals surface area contributed by atoms with Crippen molar-refractivity contribution in [2.24, 2.45) is 11.5 Å². The molecule has 0 aromatic heterocycles. The zero-order chi connectivity index (χ0) is 14.4. The summed E-state index contributed by atoms with van der Waals surface area (Å²) in [7, 11) is 4.00. The fourth-order valence-electron chi connectivity index (χ4n) is 2.74. The summed E-state index contributed by atoms with van der Waals surface area (Å²) in [6, 6.07) is 0.145. The van der Waals surface area contributed by atoms with Gasteiger partial charge in [-0.15, -0.1) is 0 Å². The van der Waals surface area contributed by atoms with Gasteiger partial charge in [-0.2, -0.15) is 0 Å². The zero-order valence-corrected chi connectivity index (χ0v) is 12.5. The average molecular weight is 274 g/mol. The highest BCUT2D eigenvalue weighted by atomic mass is 16.5. The van der Waals surface area contributed by atoms with Crippen LogP contribution < -0.4 is 11.5 Å². The van der Waals surface area contributed by atoms with E-state index < -0.39 is 6.10 Å². The summed E-state index contributed by atoms with van der Waals surface area (Å²) < 4.78 is 5.90. The number of ether oxygens (including phenoxy) is 1. The molecule has 0 spiro atoms. The number of aliphatic hydroxyl groups is 1. The maximum Gasteiger partial charge on any atom is 0.0954 e. The molecule has 1 fully saturated rings. The largest absolute Gasteiger partial charge is 0.389 e. The van der Waals surface area contributed by atoms with E-state index in [2.05, 4.69) is 9.80 Å². The normalized spacial score (nSPS) is 32.2. The van der Waals surface area contributed by atoms with Crippen molar-refractivity contribution < 1.29 is 9.84 Å². The lowest BCUT2D eigenvalue weighted by Gasteiger charge is -2.42. The Morgan fingerprint density at radius 1 is 1.21 bits per heavy atom. The second kappa shape index (κ2) is 8.14. The van der Waals surface area contributed by atoms with Crippen molar-refractivity contribution in [1.82, 2.24) is 9.80 Å². The molecule has 6 nitrogen and oxygen atoms in total. The molecule has 0 bridgehead atoms. The van der Waals surface area contributed by atoms with Crippen molar-refractivity contribution in [3.8, 4) is 0 Å². The molecule has 1 aliphatic rings. The Hall–Kier alpha value is -0.240. The van der Waals surface area contributed by atoms with Crippen LogP contribution in [0.3, 0.4) is 0 Å². The van der Waals surface area contributed by atoms with Gasteiger partial charge in [0.15, 0.2) is 0 Å². The first-order valence-electron chi connectivity index (χ1n) is 7.12. The molecule has 6 heteroatoms. The molecule has 19 heavy (non-hydrogen) atoms. The molecule has 0 aliphatic carbocycles. The van der Waals surface area contributed by atoms with Crippen molar-refractivity contribution in [2.75, 3.05) is 46.8 Å². The summed E-state index contributed by atoms with van der Waals surface area (Å²) in [6.07, 6.45) is 0.404. The van der Waals surface area contributed by atoms with E-state index in [0.29, 0.717) is 13.1 Å². The molecule has 0 radical (unpaired) electrons. The maximum absolute atomic E-state index is 10.1. The molecule has 4 atom stereocenters. The molecular weight excluding hydrogens is 244 g/mol. The Kier molecular flexibility index (Phi) is 7.20. The molecule has 114 valence electrons. The topological polar surface area (TPSA) is 88.0 Å². The summed E-state index contributed by atoms with van der Waals surface area (Å²) in [5, 5.41) is 10.1. The second-order valence-electron chi connectivity index (χ2n) is 5.60. The number of hydrogen-bond acceptors (Lipinski definition) is 6. The molecule has 1 aliphatic heterocycles. The van der Waals surface area contributed by atoms with Gasteiger partial charge >= 0.3 is 0 Å². The third-order valence-electron chi connectivity index (χ3n) is 3.80. The molecular formula is C13H30N4O2. The minimum absolute atomic E-state index is 0.129. The fourth-order valence-corrected chi connectivity index (χ4v) is 2.74. The average Bonchev–Trinajstić information content (AvgIpc) is 2.33. The number of rotatable bonds is 7. The van der Waals surface area contributed by atoms with E-state index >= 15 is 0 Å². The van der Waals surface area contributed by atoms with E-state index in [1.807, 2.05) is 21.0 Å². The van der Waals surface area contributed by atoms with Crippen molar-refractivity contribution in [2.45, 2.75) is 37.7 Å². The summed E-state index contributed by atoms with van der Waals surface area (Å²) in [5.74, 6) is 0. The highest BCUT2D eigenvalue weighted by Crippen LogP contribution is 2.23. The lowest BCUT2D eigenvalue weighted by Crippen LogP contribution is -2.55. The van der Waals surface area contributed by atoms with Gasteiger partial charge in [-0.1, -0.05) is 0 Å². The number of aliphatic hydroxyl groups excluding tert-OH is 1. The van der Waals surface area contributed by atoms with E-state index in [0.717, 1.165) is 26.1 Å². The number of likely N-dealkylation sites (N-methyl/N-ethyl adjacent to an activating group) is 1. The van der Waals surface area contributed by atoms with E-state index in [1.165, 1.54) is 0 Å². The second-order valence-corrected chi connectivity index (χ2v) is 5.60. The first-order valence-corrected chi connectivity index (χ1v) is 7.12. The summed E-state index contributed by atoms with van der Waals surface area (Å²) in [6.45, 7) is 5.69. The van der Waals surface area contributed by atoms with Crippen LogP contribution in [0.1, 0.15) is 13.3 Å². The molecule has 1 rings (SSSR count). The predicted octanol–water partition coefficient (Wildman–Crippen LogP) is -1.33. The highest BCUT2D eigenvalue weighted by Gasteiger charge is 2.36. The summed E-state index contributed by atoms with van der Waals surface area (Å²) >= 11 is 0. The standard InChI is InChI=1S/C13H30N4O2/c1-10-13(18)12(16(2)3)8-11(19-10)9-17(6-4-14)7-5-15/h10-13,18H,4-9,14-15H2,1-3H3/t10-,11-,12?,13?/m0/s1. The Labute approximate surface area is 116 Å². The monoisotopic (exact) mass is 274 g/mol. The lowest BCUT2D eigenvalue weighted by molar-refractivity contribution is -0.145. The van der Waals surface area contributed by atoms with Gasteiger partial charge in [0.2, 0.25) is 0 Å². The molecule has 1 heterocycles. The van der Waals surface area contributed by atoms with Crippen molar-refractivity contribution >= 4 is 0 Å². The van der Waals surface area contributed by atoms with Gasteiger partial charge in [0.1, 0.15) is 0 Å². The molecule has 0 aromatic rings. The van der Waals surface area contributed by atoms with Crippen LogP contribution in [0.15, 0.2) is 0 Å². The molecule has 5 N–H and O–H groups in total. The highest BCUT2D eigenvalue weighted by molar-refractivity contribution is 4.89.